The monoisotopic (exact) mass is 592 g/mol. The van der Waals surface area contributed by atoms with Crippen LogP contribution in [-0.4, -0.2) is 63.4 Å². The number of hydrogen-bond acceptors (Lipinski definition) is 7. The van der Waals surface area contributed by atoms with Crippen molar-refractivity contribution in [2.75, 3.05) is 13.7 Å². The highest BCUT2D eigenvalue weighted by Gasteiger charge is 2.68. The van der Waals surface area contributed by atoms with Gasteiger partial charge in [-0.1, -0.05) is 43.7 Å². The van der Waals surface area contributed by atoms with Gasteiger partial charge < -0.3 is 25.2 Å². The van der Waals surface area contributed by atoms with Crippen LogP contribution in [0, 0.1) is 28.6 Å². The van der Waals surface area contributed by atoms with Crippen molar-refractivity contribution >= 4 is 28.3 Å². The highest BCUT2D eigenvalue weighted by atomic mass is 16.5. The molecule has 6 rings (SSSR count). The second kappa shape index (κ2) is 11.5. The number of carboxylic acids is 1. The zero-order valence-electron chi connectivity index (χ0n) is 25.5. The number of rotatable bonds is 5. The molecule has 0 unspecified atom stereocenters. The molecule has 0 radical (unpaired) electrons. The molecule has 0 spiro atoms. The number of aliphatic hydroxyl groups excluding tert-OH is 2. The molecule has 3 saturated carbocycles. The van der Waals surface area contributed by atoms with E-state index >= 15 is 0 Å². The predicted molar refractivity (Wildman–Crippen MR) is 162 cm³/mol. The Morgan fingerprint density at radius 2 is 1.74 bits per heavy atom. The molecule has 8 atom stereocenters. The maximum absolute atomic E-state index is 12.4. The molecule has 0 aliphatic heterocycles. The average Bonchev–Trinajstić information content (AvgIpc) is 3.26. The van der Waals surface area contributed by atoms with E-state index in [0.717, 1.165) is 47.8 Å². The molecule has 3 fully saturated rings. The fourth-order valence-electron chi connectivity index (χ4n) is 9.06. The van der Waals surface area contributed by atoms with Gasteiger partial charge in [-0.15, -0.1) is 0 Å². The van der Waals surface area contributed by atoms with Crippen LogP contribution in [0.5, 0.6) is 5.75 Å². The van der Waals surface area contributed by atoms with Crippen molar-refractivity contribution in [2.24, 2.45) is 28.6 Å². The Morgan fingerprint density at radius 3 is 2.42 bits per heavy atom. The van der Waals surface area contributed by atoms with Gasteiger partial charge >= 0.3 is 5.97 Å². The van der Waals surface area contributed by atoms with Gasteiger partial charge in [0, 0.05) is 11.8 Å². The first kappa shape index (κ1) is 31.4. The first-order valence-electron chi connectivity index (χ1n) is 15.4. The third-order valence-corrected chi connectivity index (χ3v) is 11.6. The van der Waals surface area contributed by atoms with E-state index < -0.39 is 41.4 Å². The Morgan fingerprint density at radius 1 is 1.05 bits per heavy atom. The van der Waals surface area contributed by atoms with E-state index in [4.69, 9.17) is 9.84 Å². The normalized spacial score (nSPS) is 35.4. The Hall–Kier alpha value is -3.07. The number of carbonyl (C=O) groups excluding carboxylic acids is 2. The van der Waals surface area contributed by atoms with Crippen molar-refractivity contribution in [3.8, 4) is 5.75 Å². The van der Waals surface area contributed by atoms with Gasteiger partial charge in [0.15, 0.2) is 11.6 Å². The van der Waals surface area contributed by atoms with Gasteiger partial charge in [-0.3, -0.25) is 14.4 Å². The van der Waals surface area contributed by atoms with Crippen molar-refractivity contribution in [1.82, 2.24) is 0 Å². The Kier molecular flexibility index (Phi) is 8.35. The van der Waals surface area contributed by atoms with Gasteiger partial charge in [0.2, 0.25) is 0 Å². The Balaban J connectivity index is 0.000000188. The lowest BCUT2D eigenvalue weighted by Crippen LogP contribution is -2.62. The number of carboxylic acid groups (broad SMARTS) is 1. The highest BCUT2D eigenvalue weighted by molar-refractivity contribution is 5.92. The summed E-state index contributed by atoms with van der Waals surface area (Å²) in [6.45, 7) is 5.15. The molecule has 43 heavy (non-hydrogen) atoms. The number of ketones is 2. The molecule has 4 N–H and O–H groups in total. The van der Waals surface area contributed by atoms with E-state index in [1.165, 1.54) is 5.57 Å². The highest BCUT2D eigenvalue weighted by Crippen LogP contribution is 2.67. The number of carbonyl (C=O) groups is 3. The summed E-state index contributed by atoms with van der Waals surface area (Å²) < 4.78 is 5.14. The number of fused-ring (bicyclic) bond motifs is 6. The van der Waals surface area contributed by atoms with E-state index in [2.05, 4.69) is 6.92 Å². The van der Waals surface area contributed by atoms with Crippen LogP contribution in [0.25, 0.3) is 10.8 Å². The molecule has 0 heterocycles. The van der Waals surface area contributed by atoms with Gasteiger partial charge in [0.1, 0.15) is 18.0 Å². The lowest BCUT2D eigenvalue weighted by atomic mass is 9.45. The van der Waals surface area contributed by atoms with E-state index in [1.54, 1.807) is 20.1 Å². The number of Topliss-reactive ketones (excluding diaryl/α,β-unsaturated/α-hetero) is 1. The first-order chi connectivity index (χ1) is 20.3. The van der Waals surface area contributed by atoms with Crippen molar-refractivity contribution < 1.29 is 39.5 Å². The topological polar surface area (TPSA) is 141 Å². The van der Waals surface area contributed by atoms with E-state index in [1.807, 2.05) is 43.3 Å². The van der Waals surface area contributed by atoms with Crippen LogP contribution in [0.3, 0.4) is 0 Å². The van der Waals surface area contributed by atoms with Crippen molar-refractivity contribution in [3.63, 3.8) is 0 Å². The minimum Gasteiger partial charge on any atom is -0.497 e. The van der Waals surface area contributed by atoms with Gasteiger partial charge in [-0.25, -0.2) is 0 Å². The number of ether oxygens (including phenoxy) is 1. The molecule has 4 aliphatic carbocycles. The fourth-order valence-corrected chi connectivity index (χ4v) is 9.06. The molecule has 8 nitrogen and oxygen atoms in total. The van der Waals surface area contributed by atoms with Crippen molar-refractivity contribution in [3.05, 3.63) is 53.6 Å². The molecule has 4 aliphatic rings. The zero-order chi connectivity index (χ0) is 31.3. The number of benzene rings is 2. The number of methoxy groups -OCH3 is 1. The molecule has 0 amide bonds. The van der Waals surface area contributed by atoms with Crippen LogP contribution in [0.15, 0.2) is 48.0 Å². The smallest absolute Gasteiger partial charge is 0.310 e. The Labute approximate surface area is 252 Å². The number of hydrogen-bond donors (Lipinski definition) is 4. The summed E-state index contributed by atoms with van der Waals surface area (Å²) in [5.41, 5.74) is -0.417. The second-order valence-electron chi connectivity index (χ2n) is 13.6. The van der Waals surface area contributed by atoms with Crippen LogP contribution < -0.4 is 4.74 Å². The maximum atomic E-state index is 12.4. The van der Waals surface area contributed by atoms with Crippen LogP contribution in [0.4, 0.5) is 0 Å². The molecule has 2 aromatic carbocycles. The summed E-state index contributed by atoms with van der Waals surface area (Å²) in [6.07, 6.45) is 5.74. The molecule has 232 valence electrons. The molecule has 0 saturated heterocycles. The van der Waals surface area contributed by atoms with Crippen LogP contribution in [-0.2, 0) is 14.4 Å². The number of aliphatic hydroxyl groups is 3. The maximum Gasteiger partial charge on any atom is 0.310 e. The number of aliphatic carboxylic acids is 1. The summed E-state index contributed by atoms with van der Waals surface area (Å²) in [5, 5.41) is 42.8. The summed E-state index contributed by atoms with van der Waals surface area (Å²) in [7, 11) is 1.63. The van der Waals surface area contributed by atoms with Gasteiger partial charge in [0.05, 0.1) is 19.1 Å². The standard InChI is InChI=1S/C21H30O5.C14H14O3/c1-19-7-5-13(23)9-12(19)3-4-14-15-6-8-21(26,17(25)11-22)20(15,2)10-16(24)18(14)19;1-9(14(15)16)10-3-4-12-8-13(17-2)6-5-11(12)7-10/h9,14-16,18,22,24,26H,3-8,10-11H2,1-2H3;3-9H,1-2H3,(H,15,16)/t14-,15-,16-,18+,19-,20-,21-;9-/m00/s1. The van der Waals surface area contributed by atoms with E-state index in [-0.39, 0.29) is 29.0 Å². The summed E-state index contributed by atoms with van der Waals surface area (Å²) in [4.78, 5) is 35.2. The largest absolute Gasteiger partial charge is 0.497 e. The lowest BCUT2D eigenvalue weighted by molar-refractivity contribution is -0.182. The van der Waals surface area contributed by atoms with Crippen LogP contribution in [0.2, 0.25) is 0 Å². The molecule has 8 heteroatoms. The first-order valence-corrected chi connectivity index (χ1v) is 15.4. The third kappa shape index (κ3) is 5.11. The summed E-state index contributed by atoms with van der Waals surface area (Å²) >= 11 is 0. The summed E-state index contributed by atoms with van der Waals surface area (Å²) in [5.74, 6) is -0.350. The molecule has 0 bridgehead atoms. The SMILES string of the molecule is COc1ccc2cc([C@H](C)C(=O)O)ccc2c1.C[C@]12CCC(=O)C=C1CC[C@@H]1[C@@H]2[C@@H](O)C[C@@]2(C)[C@H]1CC[C@]2(O)C(=O)CO. The number of allylic oxidation sites excluding steroid dienone is 1. The van der Waals surface area contributed by atoms with E-state index in [0.29, 0.717) is 19.3 Å². The van der Waals surface area contributed by atoms with Gasteiger partial charge in [-0.05, 0) is 103 Å². The van der Waals surface area contributed by atoms with Gasteiger partial charge in [-0.2, -0.15) is 0 Å². The minimum absolute atomic E-state index is 0.0697. The lowest BCUT2D eigenvalue weighted by Gasteiger charge is -2.60. The fraction of sp³-hybridized carbons (Fsp3) is 0.571. The molecule has 2 aromatic rings. The molecular weight excluding hydrogens is 548 g/mol. The second-order valence-corrected chi connectivity index (χ2v) is 13.6. The molecule has 0 aromatic heterocycles. The molecular formula is C35H44O8. The van der Waals surface area contributed by atoms with Crippen LogP contribution >= 0.6 is 0 Å². The Bertz CT molecular complexity index is 1460. The zero-order valence-corrected chi connectivity index (χ0v) is 25.5. The third-order valence-electron chi connectivity index (χ3n) is 11.6. The van der Waals surface area contributed by atoms with Crippen LogP contribution in [0.1, 0.15) is 77.2 Å². The van der Waals surface area contributed by atoms with Gasteiger partial charge in [0.25, 0.3) is 0 Å². The average molecular weight is 593 g/mol. The van der Waals surface area contributed by atoms with Crippen molar-refractivity contribution in [1.29, 1.82) is 0 Å². The van der Waals surface area contributed by atoms with E-state index in [9.17, 15) is 29.7 Å². The quantitative estimate of drug-likeness (QED) is 0.387. The minimum atomic E-state index is -1.54. The summed E-state index contributed by atoms with van der Waals surface area (Å²) in [6, 6.07) is 11.4. The predicted octanol–water partition coefficient (Wildman–Crippen LogP) is 4.82. The van der Waals surface area contributed by atoms with Crippen molar-refractivity contribution in [2.45, 2.75) is 83.3 Å².